The minimum Gasteiger partial charge on any atom is -0.255 e. The number of hydrogen-bond acceptors (Lipinski definition) is 0. The first-order valence-corrected chi connectivity index (χ1v) is 1.79. The smallest absolute Gasteiger partial charge is 0.0785 e. The summed E-state index contributed by atoms with van der Waals surface area (Å²) in [5.74, 6) is 0. The maximum absolute atomic E-state index is 9.50. The van der Waals surface area contributed by atoms with Gasteiger partial charge >= 0.3 is 0 Å². The first-order chi connectivity index (χ1) is 2.41. The van der Waals surface area contributed by atoms with E-state index in [1.54, 1.807) is 0 Å². The Kier molecular flexibility index (Phi) is 69.2. The summed E-state index contributed by atoms with van der Waals surface area (Å²) in [6, 6.07) is 0. The largest absolute Gasteiger partial charge is 0.255 e. The van der Waals surface area contributed by atoms with Crippen LogP contribution in [0.25, 0.3) is 0 Å². The quantitative estimate of drug-likeness (QED) is 0.415. The monoisotopic (exact) mass is 78.1 g/mol. The zero-order valence-corrected chi connectivity index (χ0v) is 4.09. The Morgan fingerprint density at radius 1 is 1.20 bits per heavy atom. The van der Waals surface area contributed by atoms with Crippen LogP contribution in [-0.2, 0) is 0 Å². The van der Waals surface area contributed by atoms with Crippen LogP contribution in [0.5, 0.6) is 0 Å². The van der Waals surface area contributed by atoms with Crippen molar-refractivity contribution in [3.63, 3.8) is 0 Å². The second-order valence-corrected chi connectivity index (χ2v) is 0.707. The Hall–Kier alpha value is -0.0700. The summed E-state index contributed by atoms with van der Waals surface area (Å²) in [5.41, 5.74) is 0. The van der Waals surface area contributed by atoms with Crippen molar-refractivity contribution in [1.29, 1.82) is 0 Å². The van der Waals surface area contributed by atoms with Gasteiger partial charge in [-0.1, -0.05) is 20.3 Å². The summed E-state index contributed by atoms with van der Waals surface area (Å²) >= 11 is 0. The molecule has 0 aliphatic heterocycles. The van der Waals surface area contributed by atoms with Crippen molar-refractivity contribution in [3.05, 3.63) is 0 Å². The van der Waals surface area contributed by atoms with E-state index in [2.05, 4.69) is 13.8 Å². The van der Waals surface area contributed by atoms with Gasteiger partial charge in [-0.2, -0.15) is 0 Å². The lowest BCUT2D eigenvalue weighted by atomic mass is 10.6. The zero-order valence-electron chi connectivity index (χ0n) is 4.09. The molecule has 0 bridgehead atoms. The molecule has 0 aromatic heterocycles. The lowest BCUT2D eigenvalue weighted by molar-refractivity contribution is 0.636. The van der Waals surface area contributed by atoms with Crippen LogP contribution in [0.2, 0.25) is 0 Å². The molecule has 0 aromatic carbocycles. The molecule has 0 aliphatic rings. The molecule has 0 rings (SSSR count). The molecule has 1 heteroatoms. The molecule has 0 N–H and O–H groups in total. The van der Waals surface area contributed by atoms with Gasteiger partial charge in [0, 0.05) is 0 Å². The third kappa shape index (κ3) is 2990. The lowest BCUT2D eigenvalue weighted by Crippen LogP contribution is -1.27. The van der Waals surface area contributed by atoms with Gasteiger partial charge in [0.05, 0.1) is 7.18 Å². The molecule has 0 atom stereocenters. The van der Waals surface area contributed by atoms with E-state index in [1.165, 1.54) is 6.42 Å². The average molecular weight is 78.1 g/mol. The summed E-state index contributed by atoms with van der Waals surface area (Å²) in [5, 5.41) is 0. The van der Waals surface area contributed by atoms with Crippen molar-refractivity contribution in [2.24, 2.45) is 0 Å². The van der Waals surface area contributed by atoms with Crippen molar-refractivity contribution >= 4 is 0 Å². The SMILES string of the molecule is CCC.CF. The Morgan fingerprint density at radius 3 is 1.20 bits per heavy atom. The number of halogens is 1. The van der Waals surface area contributed by atoms with Gasteiger partial charge in [0.25, 0.3) is 0 Å². The minimum absolute atomic E-state index is 0.500. The second kappa shape index (κ2) is 39.0. The Morgan fingerprint density at radius 2 is 1.20 bits per heavy atom. The van der Waals surface area contributed by atoms with E-state index in [9.17, 15) is 4.39 Å². The maximum Gasteiger partial charge on any atom is 0.0785 e. The maximum atomic E-state index is 9.50. The van der Waals surface area contributed by atoms with E-state index in [1.807, 2.05) is 0 Å². The second-order valence-electron chi connectivity index (χ2n) is 0.707. The molecule has 0 fully saturated rings. The predicted octanol–water partition coefficient (Wildman–Crippen LogP) is 2.00. The van der Waals surface area contributed by atoms with Crippen LogP contribution in [-0.4, -0.2) is 7.18 Å². The first-order valence-electron chi connectivity index (χ1n) is 1.79. The van der Waals surface area contributed by atoms with Crippen LogP contribution in [0, 0.1) is 0 Å². The third-order valence-corrected chi connectivity index (χ3v) is 0. The molecule has 0 saturated heterocycles. The fourth-order valence-corrected chi connectivity index (χ4v) is 0. The fourth-order valence-electron chi connectivity index (χ4n) is 0. The Labute approximate surface area is 33.0 Å². The summed E-state index contributed by atoms with van der Waals surface area (Å²) < 4.78 is 9.50. The topological polar surface area (TPSA) is 0 Å². The van der Waals surface area contributed by atoms with Crippen LogP contribution >= 0.6 is 0 Å². The average Bonchev–Trinajstić information content (AvgIpc) is 1.46. The van der Waals surface area contributed by atoms with Gasteiger partial charge in [-0.05, 0) is 0 Å². The van der Waals surface area contributed by atoms with E-state index in [0.29, 0.717) is 7.18 Å². The highest BCUT2D eigenvalue weighted by molar-refractivity contribution is 3.92. The molecular formula is C4H11F. The molecule has 0 heterocycles. The molecule has 0 aromatic rings. The van der Waals surface area contributed by atoms with Crippen LogP contribution in [0.4, 0.5) is 4.39 Å². The van der Waals surface area contributed by atoms with Gasteiger partial charge in [-0.3, -0.25) is 4.39 Å². The molecule has 0 saturated carbocycles. The van der Waals surface area contributed by atoms with Gasteiger partial charge < -0.3 is 0 Å². The molecule has 0 aliphatic carbocycles. The van der Waals surface area contributed by atoms with Crippen molar-refractivity contribution in [2.75, 3.05) is 7.18 Å². The highest BCUT2D eigenvalue weighted by Crippen LogP contribution is 1.56. The number of alkyl halides is 1. The first kappa shape index (κ1) is 8.87. The summed E-state index contributed by atoms with van der Waals surface area (Å²) in [4.78, 5) is 0. The molecule has 0 nitrogen and oxygen atoms in total. The van der Waals surface area contributed by atoms with Gasteiger partial charge in [-0.15, -0.1) is 0 Å². The van der Waals surface area contributed by atoms with Crippen molar-refractivity contribution in [3.8, 4) is 0 Å². The number of hydrogen-bond donors (Lipinski definition) is 0. The van der Waals surface area contributed by atoms with Crippen LogP contribution in [0.3, 0.4) is 0 Å². The molecule has 0 amide bonds. The van der Waals surface area contributed by atoms with Crippen LogP contribution in [0.15, 0.2) is 0 Å². The van der Waals surface area contributed by atoms with Crippen molar-refractivity contribution in [1.82, 2.24) is 0 Å². The van der Waals surface area contributed by atoms with Gasteiger partial charge in [0.15, 0.2) is 0 Å². The molecular weight excluding hydrogens is 67.0 g/mol. The Bertz CT molecular complexity index is 3.61. The molecule has 5 heavy (non-hydrogen) atoms. The summed E-state index contributed by atoms with van der Waals surface area (Å²) in [6.07, 6.45) is 1.25. The van der Waals surface area contributed by atoms with Crippen LogP contribution < -0.4 is 0 Å². The molecule has 34 valence electrons. The number of rotatable bonds is 0. The van der Waals surface area contributed by atoms with E-state index in [-0.39, 0.29) is 0 Å². The van der Waals surface area contributed by atoms with E-state index >= 15 is 0 Å². The lowest BCUT2D eigenvalue weighted by Gasteiger charge is -1.48. The van der Waals surface area contributed by atoms with Gasteiger partial charge in [0.2, 0.25) is 0 Å². The summed E-state index contributed by atoms with van der Waals surface area (Å²) in [7, 11) is 0.500. The van der Waals surface area contributed by atoms with Gasteiger partial charge in [0.1, 0.15) is 0 Å². The summed E-state index contributed by atoms with van der Waals surface area (Å²) in [6.45, 7) is 4.25. The van der Waals surface area contributed by atoms with Crippen molar-refractivity contribution < 1.29 is 4.39 Å². The van der Waals surface area contributed by atoms with E-state index in [0.717, 1.165) is 0 Å². The van der Waals surface area contributed by atoms with Crippen LogP contribution in [0.1, 0.15) is 20.3 Å². The third-order valence-electron chi connectivity index (χ3n) is 0. The van der Waals surface area contributed by atoms with Crippen molar-refractivity contribution in [2.45, 2.75) is 20.3 Å². The molecule has 0 spiro atoms. The highest BCUT2D eigenvalue weighted by Gasteiger charge is 1.35. The minimum atomic E-state index is 0.500. The normalized spacial score (nSPS) is 4.80. The Balaban J connectivity index is 0. The molecule has 0 radical (unpaired) electrons. The fraction of sp³-hybridized carbons (Fsp3) is 1.00. The predicted molar refractivity (Wildman–Crippen MR) is 23.0 cm³/mol. The van der Waals surface area contributed by atoms with E-state index < -0.39 is 0 Å². The molecule has 0 unspecified atom stereocenters. The zero-order chi connectivity index (χ0) is 4.71. The highest BCUT2D eigenvalue weighted by atomic mass is 19.1. The van der Waals surface area contributed by atoms with E-state index in [4.69, 9.17) is 0 Å². The van der Waals surface area contributed by atoms with Gasteiger partial charge in [-0.25, -0.2) is 0 Å². The standard InChI is InChI=1S/C3H8.CH3F/c1-3-2;1-2/h3H2,1-2H3;1H3.